The predicted molar refractivity (Wildman–Crippen MR) is 83.3 cm³/mol. The standard InChI is InChI=1S/C14H14Br2N2O/c15-12-10-17-18(14(19)13(12)16)9-5-4-8-11-6-2-1-3-7-11/h1-3,6-7,10H,4-5,8-9H2. The number of rotatable bonds is 5. The zero-order valence-corrected chi connectivity index (χ0v) is 13.5. The summed E-state index contributed by atoms with van der Waals surface area (Å²) in [6, 6.07) is 10.4. The number of unbranched alkanes of at least 4 members (excludes halogenated alkanes) is 1. The Morgan fingerprint density at radius 1 is 1.11 bits per heavy atom. The lowest BCUT2D eigenvalue weighted by atomic mass is 10.1. The SMILES string of the molecule is O=c1c(Br)c(Br)cnn1CCCCc1ccccc1. The van der Waals surface area contributed by atoms with Gasteiger partial charge in [-0.2, -0.15) is 5.10 Å². The first-order valence-electron chi connectivity index (χ1n) is 6.13. The van der Waals surface area contributed by atoms with Crippen molar-refractivity contribution in [3.8, 4) is 0 Å². The van der Waals surface area contributed by atoms with Gasteiger partial charge in [0.05, 0.1) is 10.7 Å². The van der Waals surface area contributed by atoms with Gasteiger partial charge >= 0.3 is 0 Å². The smallest absolute Gasteiger partial charge is 0.266 e. The first-order valence-corrected chi connectivity index (χ1v) is 7.72. The maximum atomic E-state index is 11.9. The van der Waals surface area contributed by atoms with Gasteiger partial charge in [-0.05, 0) is 56.7 Å². The summed E-state index contributed by atoms with van der Waals surface area (Å²) >= 11 is 6.53. The molecule has 0 spiro atoms. The molecule has 100 valence electrons. The van der Waals surface area contributed by atoms with Gasteiger partial charge in [0.25, 0.3) is 5.56 Å². The van der Waals surface area contributed by atoms with Gasteiger partial charge in [0.1, 0.15) is 4.47 Å². The number of hydrogen-bond acceptors (Lipinski definition) is 2. The van der Waals surface area contributed by atoms with Crippen molar-refractivity contribution in [1.29, 1.82) is 0 Å². The monoisotopic (exact) mass is 384 g/mol. The maximum Gasteiger partial charge on any atom is 0.282 e. The lowest BCUT2D eigenvalue weighted by molar-refractivity contribution is 0.528. The first-order chi connectivity index (χ1) is 9.18. The van der Waals surface area contributed by atoms with Crippen LogP contribution in [-0.2, 0) is 13.0 Å². The minimum absolute atomic E-state index is 0.0888. The van der Waals surface area contributed by atoms with E-state index in [1.165, 1.54) is 10.2 Å². The predicted octanol–water partition coefficient (Wildman–Crippen LogP) is 3.79. The Kier molecular flexibility index (Phi) is 5.34. The molecule has 0 aliphatic heterocycles. The molecule has 3 nitrogen and oxygen atoms in total. The van der Waals surface area contributed by atoms with Crippen molar-refractivity contribution in [3.05, 3.63) is 61.4 Å². The quantitative estimate of drug-likeness (QED) is 0.734. The van der Waals surface area contributed by atoms with Gasteiger partial charge in [-0.3, -0.25) is 4.79 Å². The molecule has 2 rings (SSSR count). The Bertz CT molecular complexity index is 596. The summed E-state index contributed by atoms with van der Waals surface area (Å²) in [5.74, 6) is 0. The molecular formula is C14H14Br2N2O. The van der Waals surface area contributed by atoms with Crippen molar-refractivity contribution in [2.45, 2.75) is 25.8 Å². The maximum absolute atomic E-state index is 11.9. The fourth-order valence-electron chi connectivity index (χ4n) is 1.84. The number of benzene rings is 1. The zero-order chi connectivity index (χ0) is 13.7. The number of hydrogen-bond donors (Lipinski definition) is 0. The lowest BCUT2D eigenvalue weighted by Crippen LogP contribution is -2.23. The Labute approximate surface area is 128 Å². The summed E-state index contributed by atoms with van der Waals surface area (Å²) in [4.78, 5) is 11.9. The van der Waals surface area contributed by atoms with E-state index in [9.17, 15) is 4.79 Å². The molecule has 1 heterocycles. The van der Waals surface area contributed by atoms with Gasteiger partial charge in [0, 0.05) is 6.54 Å². The zero-order valence-electron chi connectivity index (χ0n) is 10.4. The molecule has 19 heavy (non-hydrogen) atoms. The van der Waals surface area contributed by atoms with Crippen molar-refractivity contribution in [3.63, 3.8) is 0 Å². The summed E-state index contributed by atoms with van der Waals surface area (Å²) in [5.41, 5.74) is 1.24. The van der Waals surface area contributed by atoms with Gasteiger partial charge in [0.15, 0.2) is 0 Å². The number of aryl methyl sites for hydroxylation is 2. The van der Waals surface area contributed by atoms with Crippen molar-refractivity contribution >= 4 is 31.9 Å². The van der Waals surface area contributed by atoms with Crippen LogP contribution >= 0.6 is 31.9 Å². The summed E-state index contributed by atoms with van der Waals surface area (Å²) in [7, 11) is 0. The van der Waals surface area contributed by atoms with E-state index in [0.717, 1.165) is 19.3 Å². The fourth-order valence-corrected chi connectivity index (χ4v) is 2.41. The molecule has 0 bridgehead atoms. The van der Waals surface area contributed by atoms with Gasteiger partial charge in [-0.25, -0.2) is 4.68 Å². The van der Waals surface area contributed by atoms with Crippen LogP contribution in [0.3, 0.4) is 0 Å². The third-order valence-corrected chi connectivity index (χ3v) is 4.77. The van der Waals surface area contributed by atoms with E-state index in [1.807, 2.05) is 18.2 Å². The summed E-state index contributed by atoms with van der Waals surface area (Å²) < 4.78 is 2.73. The minimum Gasteiger partial charge on any atom is -0.266 e. The molecule has 0 unspecified atom stereocenters. The van der Waals surface area contributed by atoms with Crippen LogP contribution in [0.4, 0.5) is 0 Å². The highest BCUT2D eigenvalue weighted by atomic mass is 79.9. The van der Waals surface area contributed by atoms with E-state index in [-0.39, 0.29) is 5.56 Å². The van der Waals surface area contributed by atoms with Crippen molar-refractivity contribution in [1.82, 2.24) is 9.78 Å². The number of nitrogens with zero attached hydrogens (tertiary/aromatic N) is 2. The third-order valence-electron chi connectivity index (χ3n) is 2.87. The van der Waals surface area contributed by atoms with Crippen LogP contribution < -0.4 is 5.56 Å². The summed E-state index contributed by atoms with van der Waals surface area (Å²) in [6.45, 7) is 0.650. The van der Waals surface area contributed by atoms with Crippen LogP contribution in [0.25, 0.3) is 0 Å². The van der Waals surface area contributed by atoms with Crippen LogP contribution in [0.5, 0.6) is 0 Å². The average Bonchev–Trinajstić information content (AvgIpc) is 2.44. The van der Waals surface area contributed by atoms with Crippen molar-refractivity contribution in [2.24, 2.45) is 0 Å². The van der Waals surface area contributed by atoms with Gasteiger partial charge in [0.2, 0.25) is 0 Å². The largest absolute Gasteiger partial charge is 0.282 e. The minimum atomic E-state index is -0.0888. The second kappa shape index (κ2) is 7.01. The van der Waals surface area contributed by atoms with Crippen LogP contribution in [-0.4, -0.2) is 9.78 Å². The van der Waals surface area contributed by atoms with Crippen LogP contribution in [0.15, 0.2) is 50.3 Å². The van der Waals surface area contributed by atoms with Crippen LogP contribution in [0, 0.1) is 0 Å². The lowest BCUT2D eigenvalue weighted by Gasteiger charge is -2.05. The third kappa shape index (κ3) is 4.01. The molecule has 1 aromatic heterocycles. The van der Waals surface area contributed by atoms with Crippen molar-refractivity contribution in [2.75, 3.05) is 0 Å². The molecular weight excluding hydrogens is 372 g/mol. The molecule has 0 N–H and O–H groups in total. The molecule has 1 aromatic carbocycles. The average molecular weight is 386 g/mol. The van der Waals surface area contributed by atoms with Crippen LogP contribution in [0.1, 0.15) is 18.4 Å². The van der Waals surface area contributed by atoms with E-state index in [1.54, 1.807) is 6.20 Å². The van der Waals surface area contributed by atoms with Gasteiger partial charge in [-0.1, -0.05) is 30.3 Å². The molecule has 0 fully saturated rings. The number of aromatic nitrogens is 2. The first kappa shape index (κ1) is 14.5. The molecule has 0 atom stereocenters. The summed E-state index contributed by atoms with van der Waals surface area (Å²) in [6.07, 6.45) is 4.66. The topological polar surface area (TPSA) is 34.9 Å². The van der Waals surface area contributed by atoms with Crippen LogP contribution in [0.2, 0.25) is 0 Å². The Balaban J connectivity index is 1.87. The molecule has 0 aliphatic rings. The molecule has 0 aliphatic carbocycles. The normalized spacial score (nSPS) is 10.6. The van der Waals surface area contributed by atoms with E-state index in [2.05, 4.69) is 49.1 Å². The van der Waals surface area contributed by atoms with Gasteiger partial charge in [-0.15, -0.1) is 0 Å². The van der Waals surface area contributed by atoms with E-state index < -0.39 is 0 Å². The fraction of sp³-hybridized carbons (Fsp3) is 0.286. The molecule has 0 saturated carbocycles. The van der Waals surface area contributed by atoms with E-state index >= 15 is 0 Å². The molecule has 2 aromatic rings. The van der Waals surface area contributed by atoms with Gasteiger partial charge < -0.3 is 0 Å². The highest BCUT2D eigenvalue weighted by Gasteiger charge is 2.05. The highest BCUT2D eigenvalue weighted by molar-refractivity contribution is 9.13. The van der Waals surface area contributed by atoms with E-state index in [4.69, 9.17) is 0 Å². The van der Waals surface area contributed by atoms with E-state index in [0.29, 0.717) is 15.5 Å². The molecule has 5 heteroatoms. The highest BCUT2D eigenvalue weighted by Crippen LogP contribution is 2.16. The molecule has 0 saturated heterocycles. The van der Waals surface area contributed by atoms with Crippen molar-refractivity contribution < 1.29 is 0 Å². The molecule has 0 radical (unpaired) electrons. The molecule has 0 amide bonds. The number of halogens is 2. The second-order valence-electron chi connectivity index (χ2n) is 4.28. The Morgan fingerprint density at radius 2 is 1.84 bits per heavy atom. The Hall–Kier alpha value is -0.940. The second-order valence-corrected chi connectivity index (χ2v) is 5.92. The Morgan fingerprint density at radius 3 is 2.58 bits per heavy atom. The summed E-state index contributed by atoms with van der Waals surface area (Å²) in [5, 5.41) is 4.11.